The quantitative estimate of drug-likeness (QED) is 0.663. The van der Waals surface area contributed by atoms with Crippen molar-refractivity contribution in [3.63, 3.8) is 0 Å². The van der Waals surface area contributed by atoms with Gasteiger partial charge in [0, 0.05) is 25.0 Å². The van der Waals surface area contributed by atoms with Crippen molar-refractivity contribution < 1.29 is 40.7 Å². The molecule has 0 bridgehead atoms. The average Bonchev–Trinajstić information content (AvgIpc) is 2.78. The number of halogens is 6. The molecule has 1 aromatic heterocycles. The normalized spacial score (nSPS) is 17.4. The predicted octanol–water partition coefficient (Wildman–Crippen LogP) is 3.54. The van der Waals surface area contributed by atoms with E-state index < -0.39 is 53.0 Å². The number of alkyl halides is 6. The van der Waals surface area contributed by atoms with Crippen molar-refractivity contribution >= 4 is 17.7 Å². The molecule has 2 aromatic rings. The molecule has 2 heterocycles. The summed E-state index contributed by atoms with van der Waals surface area (Å²) in [6.45, 7) is 2.89. The minimum Gasteiger partial charge on any atom is -0.462 e. The Morgan fingerprint density at radius 1 is 1.06 bits per heavy atom. The largest absolute Gasteiger partial charge is 0.462 e. The van der Waals surface area contributed by atoms with Gasteiger partial charge in [-0.25, -0.2) is 10.4 Å². The van der Waals surface area contributed by atoms with E-state index >= 15 is 0 Å². The zero-order valence-electron chi connectivity index (χ0n) is 17.8. The van der Waals surface area contributed by atoms with Gasteiger partial charge in [0.1, 0.15) is 0 Å². The number of carbonyl (C=O) groups excluding carboxylic acids is 2. The van der Waals surface area contributed by atoms with Gasteiger partial charge in [-0.1, -0.05) is 0 Å². The summed E-state index contributed by atoms with van der Waals surface area (Å²) in [5.41, 5.74) is -1.69. The Morgan fingerprint density at radius 2 is 1.62 bits per heavy atom. The SMILES string of the molecule is CC1OC(c2nccnc2C(C)N(C)C(=O)c2cc(C(F)(F)F)cc(C(F)(F)F)c2)=NNC1=O. The molecule has 0 aliphatic carbocycles. The molecule has 0 saturated heterocycles. The van der Waals surface area contributed by atoms with Crippen LogP contribution in [0.4, 0.5) is 26.3 Å². The summed E-state index contributed by atoms with van der Waals surface area (Å²) in [6, 6.07) is -0.345. The van der Waals surface area contributed by atoms with Gasteiger partial charge in [0.25, 0.3) is 17.7 Å². The molecule has 1 aliphatic heterocycles. The van der Waals surface area contributed by atoms with E-state index in [9.17, 15) is 35.9 Å². The summed E-state index contributed by atoms with van der Waals surface area (Å²) in [7, 11) is 1.19. The average molecular weight is 489 g/mol. The van der Waals surface area contributed by atoms with Gasteiger partial charge < -0.3 is 9.64 Å². The van der Waals surface area contributed by atoms with E-state index in [0.717, 1.165) is 4.90 Å². The molecule has 14 heteroatoms. The fraction of sp³-hybridized carbons (Fsp3) is 0.350. The molecular weight excluding hydrogens is 472 g/mol. The third-order valence-electron chi connectivity index (χ3n) is 4.99. The van der Waals surface area contributed by atoms with Crippen molar-refractivity contribution in [2.75, 3.05) is 7.05 Å². The monoisotopic (exact) mass is 489 g/mol. The Bertz CT molecular complexity index is 1120. The van der Waals surface area contributed by atoms with Crippen LogP contribution in [0.2, 0.25) is 0 Å². The van der Waals surface area contributed by atoms with E-state index in [1.54, 1.807) is 0 Å². The van der Waals surface area contributed by atoms with E-state index in [-0.39, 0.29) is 23.4 Å². The first-order valence-corrected chi connectivity index (χ1v) is 9.62. The fourth-order valence-corrected chi connectivity index (χ4v) is 3.01. The molecule has 0 radical (unpaired) electrons. The summed E-state index contributed by atoms with van der Waals surface area (Å²) in [4.78, 5) is 33.6. The number of hydrazone groups is 1. The second-order valence-corrected chi connectivity index (χ2v) is 7.33. The molecule has 2 unspecified atom stereocenters. The number of nitrogens with zero attached hydrogens (tertiary/aromatic N) is 4. The first-order valence-electron chi connectivity index (χ1n) is 9.62. The number of nitrogens with one attached hydrogen (secondary N) is 1. The van der Waals surface area contributed by atoms with Crippen LogP contribution in [0.3, 0.4) is 0 Å². The van der Waals surface area contributed by atoms with E-state index in [2.05, 4.69) is 20.5 Å². The second kappa shape index (κ2) is 8.91. The smallest absolute Gasteiger partial charge is 0.416 e. The van der Waals surface area contributed by atoms with E-state index in [1.165, 1.54) is 33.3 Å². The van der Waals surface area contributed by atoms with Crippen LogP contribution in [0.1, 0.15) is 52.8 Å². The minimum atomic E-state index is -5.10. The van der Waals surface area contributed by atoms with E-state index in [0.29, 0.717) is 12.1 Å². The number of amides is 2. The van der Waals surface area contributed by atoms with Gasteiger partial charge in [0.05, 0.1) is 22.9 Å². The van der Waals surface area contributed by atoms with Gasteiger partial charge >= 0.3 is 12.4 Å². The molecule has 0 spiro atoms. The lowest BCUT2D eigenvalue weighted by molar-refractivity contribution is -0.143. The van der Waals surface area contributed by atoms with Gasteiger partial charge in [-0.15, -0.1) is 5.10 Å². The molecule has 0 fully saturated rings. The van der Waals surface area contributed by atoms with Crippen LogP contribution >= 0.6 is 0 Å². The van der Waals surface area contributed by atoms with Crippen LogP contribution in [0.15, 0.2) is 35.7 Å². The van der Waals surface area contributed by atoms with Crippen molar-refractivity contribution in [2.45, 2.75) is 38.3 Å². The van der Waals surface area contributed by atoms with Gasteiger partial charge in [-0.2, -0.15) is 26.3 Å². The number of hydrogen-bond acceptors (Lipinski definition) is 6. The number of carbonyl (C=O) groups is 2. The van der Waals surface area contributed by atoms with Gasteiger partial charge in [0.2, 0.25) is 0 Å². The highest BCUT2D eigenvalue weighted by molar-refractivity contribution is 5.99. The van der Waals surface area contributed by atoms with Crippen LogP contribution in [0.5, 0.6) is 0 Å². The summed E-state index contributed by atoms with van der Waals surface area (Å²) in [5, 5.41) is 3.75. The second-order valence-electron chi connectivity index (χ2n) is 7.33. The molecule has 2 atom stereocenters. The zero-order valence-corrected chi connectivity index (χ0v) is 17.8. The number of benzene rings is 1. The molecule has 182 valence electrons. The van der Waals surface area contributed by atoms with Crippen molar-refractivity contribution in [3.05, 3.63) is 58.7 Å². The van der Waals surface area contributed by atoms with Gasteiger partial charge in [0.15, 0.2) is 11.8 Å². The third kappa shape index (κ3) is 5.10. The fourth-order valence-electron chi connectivity index (χ4n) is 3.01. The Labute approximate surface area is 188 Å². The Morgan fingerprint density at radius 3 is 2.15 bits per heavy atom. The lowest BCUT2D eigenvalue weighted by atomic mass is 10.0. The number of hydrogen-bond donors (Lipinski definition) is 1. The molecule has 1 aromatic carbocycles. The van der Waals surface area contributed by atoms with E-state index in [1.807, 2.05) is 0 Å². The van der Waals surface area contributed by atoms with E-state index in [4.69, 9.17) is 4.74 Å². The number of rotatable bonds is 4. The highest BCUT2D eigenvalue weighted by Gasteiger charge is 2.38. The van der Waals surface area contributed by atoms with Gasteiger partial charge in [-0.05, 0) is 32.0 Å². The summed E-state index contributed by atoms with van der Waals surface area (Å²) in [5.74, 6) is -1.75. The lowest BCUT2D eigenvalue weighted by Gasteiger charge is -2.27. The Hall–Kier alpha value is -3.71. The molecule has 34 heavy (non-hydrogen) atoms. The maximum atomic E-state index is 13.2. The summed E-state index contributed by atoms with van der Waals surface area (Å²) in [6.07, 6.45) is -8.57. The highest BCUT2D eigenvalue weighted by atomic mass is 19.4. The summed E-state index contributed by atoms with van der Waals surface area (Å²) < 4.78 is 84.4. The lowest BCUT2D eigenvalue weighted by Crippen LogP contribution is -2.40. The molecule has 3 rings (SSSR count). The van der Waals surface area contributed by atoms with Crippen molar-refractivity contribution in [1.82, 2.24) is 20.3 Å². The van der Waals surface area contributed by atoms with Crippen LogP contribution in [0, 0.1) is 0 Å². The molecular formula is C20H17F6N5O3. The van der Waals surface area contributed by atoms with Crippen molar-refractivity contribution in [3.8, 4) is 0 Å². The highest BCUT2D eigenvalue weighted by Crippen LogP contribution is 2.37. The van der Waals surface area contributed by atoms with Crippen molar-refractivity contribution in [2.24, 2.45) is 5.10 Å². The first kappa shape index (κ1) is 24.9. The Kier molecular flexibility index (Phi) is 6.53. The maximum Gasteiger partial charge on any atom is 0.416 e. The summed E-state index contributed by atoms with van der Waals surface area (Å²) >= 11 is 0. The van der Waals surface area contributed by atoms with Crippen LogP contribution < -0.4 is 5.43 Å². The molecule has 0 saturated carbocycles. The molecule has 8 nitrogen and oxygen atoms in total. The van der Waals surface area contributed by atoms with Gasteiger partial charge in [-0.3, -0.25) is 14.6 Å². The predicted molar refractivity (Wildman–Crippen MR) is 104 cm³/mol. The molecule has 1 aliphatic rings. The minimum absolute atomic E-state index is 0.0292. The molecule has 2 amide bonds. The third-order valence-corrected chi connectivity index (χ3v) is 4.99. The Balaban J connectivity index is 1.98. The zero-order chi connectivity index (χ0) is 25.4. The molecule has 1 N–H and O–H groups in total. The number of aromatic nitrogens is 2. The standard InChI is InChI=1S/C20H17F6N5O3/c1-9(14-15(28-5-4-27-14)17-30-29-16(32)10(2)34-17)31(3)18(33)11-6-12(19(21,22)23)8-13(7-11)20(24,25)26/h4-10H,1-3H3,(H,29,32). The first-order chi connectivity index (χ1) is 15.7. The van der Waals surface area contributed by atoms with Crippen LogP contribution in [-0.2, 0) is 21.9 Å². The number of ether oxygens (including phenoxy) is 1. The van der Waals surface area contributed by atoms with Crippen LogP contribution in [0.25, 0.3) is 0 Å². The van der Waals surface area contributed by atoms with Crippen molar-refractivity contribution in [1.29, 1.82) is 0 Å². The van der Waals surface area contributed by atoms with Crippen LogP contribution in [-0.4, -0.2) is 45.7 Å². The topological polar surface area (TPSA) is 96.8 Å². The maximum absolute atomic E-state index is 13.2.